The molecule has 3 aliphatic rings. The van der Waals surface area contributed by atoms with Crippen LogP contribution in [0, 0.1) is 35.0 Å². The molecule has 0 aliphatic heterocycles. The van der Waals surface area contributed by atoms with Crippen molar-refractivity contribution in [3.05, 3.63) is 35.9 Å². The molecule has 1 aromatic rings. The first-order chi connectivity index (χ1) is 12.6. The second-order valence-electron chi connectivity index (χ2n) is 9.10. The summed E-state index contributed by atoms with van der Waals surface area (Å²) in [7, 11) is 0. The van der Waals surface area contributed by atoms with Gasteiger partial charge in [-0.1, -0.05) is 59.8 Å². The number of hydrogen-bond acceptors (Lipinski definition) is 2. The smallest absolute Gasteiger partial charge is 0.306 e. The van der Waals surface area contributed by atoms with E-state index < -0.39 is 0 Å². The van der Waals surface area contributed by atoms with Gasteiger partial charge in [0.25, 0.3) is 0 Å². The lowest BCUT2D eigenvalue weighted by atomic mass is 9.43. The summed E-state index contributed by atoms with van der Waals surface area (Å²) in [6, 6.07) is 9.97. The molecular weight excluding hydrogens is 435 g/mol. The SMILES string of the molecule is C[C@@]1(CCI)CC(CCCC(=O)OCc2ccccc2)C2C1C1CC[C@@H]12. The average molecular weight is 466 g/mol. The first-order valence-electron chi connectivity index (χ1n) is 10.4. The fourth-order valence-corrected chi connectivity index (χ4v) is 7.71. The first kappa shape index (κ1) is 18.8. The highest BCUT2D eigenvalue weighted by Gasteiger charge is 2.66. The highest BCUT2D eigenvalue weighted by atomic mass is 127. The van der Waals surface area contributed by atoms with E-state index in [0.717, 1.165) is 41.6 Å². The van der Waals surface area contributed by atoms with Gasteiger partial charge in [0.2, 0.25) is 0 Å². The highest BCUT2D eigenvalue weighted by Crippen LogP contribution is 2.73. The van der Waals surface area contributed by atoms with E-state index in [-0.39, 0.29) is 5.97 Å². The molecule has 3 heteroatoms. The van der Waals surface area contributed by atoms with Gasteiger partial charge in [-0.25, -0.2) is 0 Å². The summed E-state index contributed by atoms with van der Waals surface area (Å²) >= 11 is 2.56. The Hall–Kier alpha value is -0.580. The largest absolute Gasteiger partial charge is 0.461 e. The van der Waals surface area contributed by atoms with E-state index in [4.69, 9.17) is 4.74 Å². The van der Waals surface area contributed by atoms with Crippen molar-refractivity contribution in [2.75, 3.05) is 4.43 Å². The molecular formula is C23H31IO2. The number of benzene rings is 1. The van der Waals surface area contributed by atoms with Gasteiger partial charge in [0.05, 0.1) is 0 Å². The molecule has 3 fully saturated rings. The van der Waals surface area contributed by atoms with E-state index in [9.17, 15) is 4.79 Å². The molecule has 0 amide bonds. The summed E-state index contributed by atoms with van der Waals surface area (Å²) in [6.07, 6.45) is 8.55. The van der Waals surface area contributed by atoms with Gasteiger partial charge in [-0.2, -0.15) is 0 Å². The molecule has 142 valence electrons. The number of esters is 1. The van der Waals surface area contributed by atoms with Gasteiger partial charge in [0.15, 0.2) is 0 Å². The van der Waals surface area contributed by atoms with Crippen LogP contribution in [0.4, 0.5) is 0 Å². The summed E-state index contributed by atoms with van der Waals surface area (Å²) in [5.41, 5.74) is 1.64. The number of hydrogen-bond donors (Lipinski definition) is 0. The Morgan fingerprint density at radius 3 is 2.69 bits per heavy atom. The second-order valence-corrected chi connectivity index (χ2v) is 10.2. The van der Waals surface area contributed by atoms with Crippen molar-refractivity contribution in [2.24, 2.45) is 35.0 Å². The van der Waals surface area contributed by atoms with Crippen molar-refractivity contribution < 1.29 is 9.53 Å². The Morgan fingerprint density at radius 1 is 1.23 bits per heavy atom. The third kappa shape index (κ3) is 3.45. The Kier molecular flexibility index (Phi) is 5.64. The molecule has 0 aromatic heterocycles. The van der Waals surface area contributed by atoms with E-state index in [0.29, 0.717) is 18.4 Å². The molecule has 0 spiro atoms. The van der Waals surface area contributed by atoms with Crippen molar-refractivity contribution in [2.45, 2.75) is 58.5 Å². The molecule has 0 radical (unpaired) electrons. The van der Waals surface area contributed by atoms with Crippen LogP contribution in [-0.4, -0.2) is 10.4 Å². The standard InChI is InChI=1S/C23H31IO2/c1-23(12-13-24)14-17(21-18-10-11-19(18)22(21)23)8-5-9-20(25)26-15-16-6-3-2-4-7-16/h2-4,6-7,17-19,21-22H,5,8-15H2,1H3/t17?,18-,19?,21?,22?,23+/m0/s1. The molecule has 3 aliphatic carbocycles. The molecule has 26 heavy (non-hydrogen) atoms. The number of halogens is 1. The predicted octanol–water partition coefficient (Wildman–Crippen LogP) is 6.02. The molecule has 0 bridgehead atoms. The molecule has 0 N–H and O–H groups in total. The number of rotatable bonds is 8. The summed E-state index contributed by atoms with van der Waals surface area (Å²) in [5, 5.41) is 0. The van der Waals surface area contributed by atoms with Crippen molar-refractivity contribution >= 4 is 28.6 Å². The van der Waals surface area contributed by atoms with Crippen LogP contribution in [0.3, 0.4) is 0 Å². The number of fused-ring (bicyclic) bond motifs is 4. The van der Waals surface area contributed by atoms with Crippen molar-refractivity contribution in [1.29, 1.82) is 0 Å². The molecule has 1 aromatic carbocycles. The molecule has 4 unspecified atom stereocenters. The second kappa shape index (κ2) is 7.81. The summed E-state index contributed by atoms with van der Waals surface area (Å²) in [5.74, 6) is 4.87. The van der Waals surface area contributed by atoms with Gasteiger partial charge in [0.1, 0.15) is 6.61 Å². The lowest BCUT2D eigenvalue weighted by Gasteiger charge is -2.62. The van der Waals surface area contributed by atoms with E-state index >= 15 is 0 Å². The first-order valence-corrected chi connectivity index (χ1v) is 11.9. The Balaban J connectivity index is 1.24. The zero-order valence-corrected chi connectivity index (χ0v) is 18.0. The molecule has 0 heterocycles. The lowest BCUT2D eigenvalue weighted by molar-refractivity contribution is -0.145. The quantitative estimate of drug-likeness (QED) is 0.266. The minimum Gasteiger partial charge on any atom is -0.461 e. The van der Waals surface area contributed by atoms with Crippen LogP contribution in [0.15, 0.2) is 30.3 Å². The highest BCUT2D eigenvalue weighted by molar-refractivity contribution is 14.1. The molecule has 2 nitrogen and oxygen atoms in total. The van der Waals surface area contributed by atoms with Gasteiger partial charge in [-0.15, -0.1) is 0 Å². The number of carbonyl (C=O) groups excluding carboxylic acids is 1. The van der Waals surface area contributed by atoms with Crippen LogP contribution in [-0.2, 0) is 16.1 Å². The minimum atomic E-state index is -0.0337. The van der Waals surface area contributed by atoms with E-state index in [1.54, 1.807) is 0 Å². The Labute approximate surface area is 171 Å². The van der Waals surface area contributed by atoms with E-state index in [2.05, 4.69) is 29.5 Å². The topological polar surface area (TPSA) is 26.3 Å². The van der Waals surface area contributed by atoms with Gasteiger partial charge in [-0.3, -0.25) is 4.79 Å². The van der Waals surface area contributed by atoms with E-state index in [1.165, 1.54) is 36.5 Å². The van der Waals surface area contributed by atoms with Crippen molar-refractivity contribution in [1.82, 2.24) is 0 Å². The van der Waals surface area contributed by atoms with Gasteiger partial charge >= 0.3 is 5.97 Å². The third-order valence-electron chi connectivity index (χ3n) is 7.70. The monoisotopic (exact) mass is 466 g/mol. The Morgan fingerprint density at radius 2 is 2.00 bits per heavy atom. The molecule has 0 saturated heterocycles. The molecule has 3 saturated carbocycles. The van der Waals surface area contributed by atoms with Gasteiger partial charge in [-0.05, 0) is 79.1 Å². The summed E-state index contributed by atoms with van der Waals surface area (Å²) in [6.45, 7) is 2.97. The lowest BCUT2D eigenvalue weighted by Crippen LogP contribution is -2.56. The number of carbonyl (C=O) groups is 1. The zero-order chi connectivity index (χ0) is 18.1. The molecule has 4 rings (SSSR count). The summed E-state index contributed by atoms with van der Waals surface area (Å²) < 4.78 is 6.73. The summed E-state index contributed by atoms with van der Waals surface area (Å²) in [4.78, 5) is 12.1. The Bertz CT molecular complexity index is 630. The van der Waals surface area contributed by atoms with Crippen LogP contribution in [0.1, 0.15) is 57.4 Å². The van der Waals surface area contributed by atoms with Crippen LogP contribution in [0.25, 0.3) is 0 Å². The van der Waals surface area contributed by atoms with Crippen LogP contribution in [0.2, 0.25) is 0 Å². The van der Waals surface area contributed by atoms with E-state index in [1.807, 2.05) is 30.3 Å². The average Bonchev–Trinajstić information content (AvgIpc) is 2.84. The van der Waals surface area contributed by atoms with Crippen LogP contribution in [0.5, 0.6) is 0 Å². The predicted molar refractivity (Wildman–Crippen MR) is 113 cm³/mol. The zero-order valence-electron chi connectivity index (χ0n) is 15.8. The van der Waals surface area contributed by atoms with Crippen LogP contribution >= 0.6 is 22.6 Å². The van der Waals surface area contributed by atoms with Crippen molar-refractivity contribution in [3.63, 3.8) is 0 Å². The minimum absolute atomic E-state index is 0.0337. The maximum absolute atomic E-state index is 12.1. The normalized spacial score (nSPS) is 37.2. The number of alkyl halides is 1. The van der Waals surface area contributed by atoms with Crippen molar-refractivity contribution in [3.8, 4) is 0 Å². The maximum atomic E-state index is 12.1. The fourth-order valence-electron chi connectivity index (χ4n) is 6.47. The van der Waals surface area contributed by atoms with Gasteiger partial charge < -0.3 is 4.74 Å². The molecule has 6 atom stereocenters. The van der Waals surface area contributed by atoms with Crippen LogP contribution < -0.4 is 0 Å². The maximum Gasteiger partial charge on any atom is 0.306 e. The third-order valence-corrected chi connectivity index (χ3v) is 8.23. The fraction of sp³-hybridized carbons (Fsp3) is 0.696. The number of ether oxygens (including phenoxy) is 1. The van der Waals surface area contributed by atoms with Gasteiger partial charge in [0, 0.05) is 10.8 Å².